The Morgan fingerprint density at radius 1 is 1.50 bits per heavy atom. The van der Waals surface area contributed by atoms with Crippen LogP contribution in [0.1, 0.15) is 24.2 Å². The molecule has 1 rings (SSSR count). The van der Waals surface area contributed by atoms with E-state index in [0.29, 0.717) is 5.82 Å². The van der Waals surface area contributed by atoms with E-state index >= 15 is 0 Å². The fourth-order valence-electron chi connectivity index (χ4n) is 0.737. The Morgan fingerprint density at radius 3 is 2.42 bits per heavy atom. The topological polar surface area (TPSA) is 63.1 Å². The second-order valence-electron chi connectivity index (χ2n) is 2.68. The molecule has 1 aromatic heterocycles. The molecule has 0 saturated heterocycles. The number of carbonyl (C=O) groups is 1. The van der Waals surface area contributed by atoms with E-state index in [0.717, 1.165) is 5.56 Å². The Kier molecular flexibility index (Phi) is 2.38. The molecule has 0 radical (unpaired) electrons. The SMILES string of the molecule is Cc1cnc(C(C)C(=O)O)nc1. The van der Waals surface area contributed by atoms with Crippen LogP contribution in [0.3, 0.4) is 0 Å². The van der Waals surface area contributed by atoms with Gasteiger partial charge in [0.2, 0.25) is 0 Å². The van der Waals surface area contributed by atoms with Gasteiger partial charge in [-0.25, -0.2) is 9.97 Å². The molecule has 0 saturated carbocycles. The van der Waals surface area contributed by atoms with Crippen LogP contribution in [0.15, 0.2) is 12.4 Å². The lowest BCUT2D eigenvalue weighted by molar-refractivity contribution is -0.138. The van der Waals surface area contributed by atoms with E-state index in [4.69, 9.17) is 5.11 Å². The molecule has 1 unspecified atom stereocenters. The molecule has 0 spiro atoms. The highest BCUT2D eigenvalue weighted by Gasteiger charge is 2.15. The normalized spacial score (nSPS) is 12.5. The highest BCUT2D eigenvalue weighted by atomic mass is 16.4. The van der Waals surface area contributed by atoms with Gasteiger partial charge in [0.15, 0.2) is 0 Å². The van der Waals surface area contributed by atoms with Gasteiger partial charge in [-0.1, -0.05) is 0 Å². The molecule has 1 N–H and O–H groups in total. The molecule has 0 fully saturated rings. The van der Waals surface area contributed by atoms with Crippen LogP contribution in [0.2, 0.25) is 0 Å². The van der Waals surface area contributed by atoms with Crippen molar-refractivity contribution >= 4 is 5.97 Å². The van der Waals surface area contributed by atoms with Crippen LogP contribution in [0, 0.1) is 6.92 Å². The molecule has 0 aromatic carbocycles. The Labute approximate surface area is 70.3 Å². The first-order valence-electron chi connectivity index (χ1n) is 3.62. The van der Waals surface area contributed by atoms with E-state index in [-0.39, 0.29) is 0 Å². The maximum absolute atomic E-state index is 10.5. The van der Waals surface area contributed by atoms with Crippen molar-refractivity contribution in [2.45, 2.75) is 19.8 Å². The van der Waals surface area contributed by atoms with Gasteiger partial charge in [-0.15, -0.1) is 0 Å². The van der Waals surface area contributed by atoms with Crippen molar-refractivity contribution in [1.29, 1.82) is 0 Å². The van der Waals surface area contributed by atoms with Crippen molar-refractivity contribution in [3.63, 3.8) is 0 Å². The number of aromatic nitrogens is 2. The first kappa shape index (κ1) is 8.64. The minimum Gasteiger partial charge on any atom is -0.481 e. The second kappa shape index (κ2) is 3.30. The number of hydrogen-bond donors (Lipinski definition) is 1. The maximum Gasteiger partial charge on any atom is 0.313 e. The summed E-state index contributed by atoms with van der Waals surface area (Å²) in [6.45, 7) is 3.42. The number of aryl methyl sites for hydroxylation is 1. The quantitative estimate of drug-likeness (QED) is 0.711. The van der Waals surface area contributed by atoms with Gasteiger partial charge in [0.1, 0.15) is 11.7 Å². The number of carboxylic acid groups (broad SMARTS) is 1. The van der Waals surface area contributed by atoms with Gasteiger partial charge < -0.3 is 5.11 Å². The average Bonchev–Trinajstić information content (AvgIpc) is 2.04. The summed E-state index contributed by atoms with van der Waals surface area (Å²) < 4.78 is 0. The Bertz CT molecular complexity index is 282. The first-order chi connectivity index (χ1) is 5.61. The summed E-state index contributed by atoms with van der Waals surface area (Å²) in [6, 6.07) is 0. The summed E-state index contributed by atoms with van der Waals surface area (Å²) >= 11 is 0. The van der Waals surface area contributed by atoms with E-state index in [9.17, 15) is 4.79 Å². The fourth-order valence-corrected chi connectivity index (χ4v) is 0.737. The van der Waals surface area contributed by atoms with Crippen molar-refractivity contribution < 1.29 is 9.90 Å². The summed E-state index contributed by atoms with van der Waals surface area (Å²) in [5, 5.41) is 8.62. The van der Waals surface area contributed by atoms with E-state index in [1.807, 2.05) is 6.92 Å². The maximum atomic E-state index is 10.5. The summed E-state index contributed by atoms with van der Waals surface area (Å²) in [6.07, 6.45) is 3.23. The number of rotatable bonds is 2. The van der Waals surface area contributed by atoms with Gasteiger partial charge in [-0.2, -0.15) is 0 Å². The van der Waals surface area contributed by atoms with Crippen LogP contribution < -0.4 is 0 Å². The third-order valence-corrected chi connectivity index (χ3v) is 1.56. The summed E-state index contributed by atoms with van der Waals surface area (Å²) in [5.74, 6) is -1.18. The van der Waals surface area contributed by atoms with Crippen molar-refractivity contribution in [3.8, 4) is 0 Å². The van der Waals surface area contributed by atoms with Gasteiger partial charge in [-0.05, 0) is 19.4 Å². The summed E-state index contributed by atoms with van der Waals surface area (Å²) in [5.41, 5.74) is 0.927. The molecule has 1 heterocycles. The molecule has 0 amide bonds. The molecule has 4 heteroatoms. The van der Waals surface area contributed by atoms with Crippen molar-refractivity contribution in [3.05, 3.63) is 23.8 Å². The Morgan fingerprint density at radius 2 is 2.00 bits per heavy atom. The van der Waals surface area contributed by atoms with Gasteiger partial charge in [-0.3, -0.25) is 4.79 Å². The van der Waals surface area contributed by atoms with Gasteiger partial charge >= 0.3 is 5.97 Å². The van der Waals surface area contributed by atoms with Crippen LogP contribution in [-0.2, 0) is 4.79 Å². The smallest absolute Gasteiger partial charge is 0.313 e. The lowest BCUT2D eigenvalue weighted by Crippen LogP contribution is -2.10. The molecule has 12 heavy (non-hydrogen) atoms. The standard InChI is InChI=1S/C8H10N2O2/c1-5-3-9-7(10-4-5)6(2)8(11)12/h3-4,6H,1-2H3,(H,11,12). The molecule has 4 nitrogen and oxygen atoms in total. The third kappa shape index (κ3) is 1.78. The molecule has 0 aliphatic rings. The fraction of sp³-hybridized carbons (Fsp3) is 0.375. The average molecular weight is 166 g/mol. The van der Waals surface area contributed by atoms with Crippen LogP contribution in [-0.4, -0.2) is 21.0 Å². The minimum atomic E-state index is -0.904. The molecule has 1 aromatic rings. The van der Waals surface area contributed by atoms with E-state index in [1.165, 1.54) is 0 Å². The zero-order chi connectivity index (χ0) is 9.14. The van der Waals surface area contributed by atoms with E-state index in [2.05, 4.69) is 9.97 Å². The third-order valence-electron chi connectivity index (χ3n) is 1.56. The van der Waals surface area contributed by atoms with Crippen molar-refractivity contribution in [2.24, 2.45) is 0 Å². The van der Waals surface area contributed by atoms with Gasteiger partial charge in [0.25, 0.3) is 0 Å². The lowest BCUT2D eigenvalue weighted by Gasteiger charge is -2.03. The predicted molar refractivity (Wildman–Crippen MR) is 42.8 cm³/mol. The number of carboxylic acids is 1. The van der Waals surface area contributed by atoms with E-state index < -0.39 is 11.9 Å². The summed E-state index contributed by atoms with van der Waals surface area (Å²) in [4.78, 5) is 18.3. The number of aliphatic carboxylic acids is 1. The first-order valence-corrected chi connectivity index (χ1v) is 3.62. The second-order valence-corrected chi connectivity index (χ2v) is 2.68. The van der Waals surface area contributed by atoms with Crippen LogP contribution in [0.5, 0.6) is 0 Å². The molecule has 0 aliphatic heterocycles. The molecule has 1 atom stereocenters. The Hall–Kier alpha value is -1.45. The minimum absolute atomic E-state index is 0.355. The predicted octanol–water partition coefficient (Wildman–Crippen LogP) is 0.973. The lowest BCUT2D eigenvalue weighted by atomic mass is 10.2. The van der Waals surface area contributed by atoms with Gasteiger partial charge in [0.05, 0.1) is 0 Å². The number of hydrogen-bond acceptors (Lipinski definition) is 3. The molecule has 64 valence electrons. The zero-order valence-electron chi connectivity index (χ0n) is 6.98. The highest BCUT2D eigenvalue weighted by molar-refractivity contribution is 5.74. The van der Waals surface area contributed by atoms with Gasteiger partial charge in [0, 0.05) is 12.4 Å². The molecular weight excluding hydrogens is 156 g/mol. The van der Waals surface area contributed by atoms with E-state index in [1.54, 1.807) is 19.3 Å². The number of nitrogens with zero attached hydrogens (tertiary/aromatic N) is 2. The van der Waals surface area contributed by atoms with Crippen LogP contribution >= 0.6 is 0 Å². The molecule has 0 aliphatic carbocycles. The Balaban J connectivity index is 2.89. The summed E-state index contributed by atoms with van der Waals surface area (Å²) in [7, 11) is 0. The largest absolute Gasteiger partial charge is 0.481 e. The van der Waals surface area contributed by atoms with Crippen molar-refractivity contribution in [2.75, 3.05) is 0 Å². The molecule has 0 bridgehead atoms. The van der Waals surface area contributed by atoms with Crippen molar-refractivity contribution in [1.82, 2.24) is 9.97 Å². The monoisotopic (exact) mass is 166 g/mol. The molecular formula is C8H10N2O2. The van der Waals surface area contributed by atoms with Crippen LogP contribution in [0.25, 0.3) is 0 Å². The highest BCUT2D eigenvalue weighted by Crippen LogP contribution is 2.08. The van der Waals surface area contributed by atoms with Crippen LogP contribution in [0.4, 0.5) is 0 Å². The zero-order valence-corrected chi connectivity index (χ0v) is 6.98.